The molecule has 0 bridgehead atoms. The summed E-state index contributed by atoms with van der Waals surface area (Å²) >= 11 is 0. The molecule has 0 aliphatic rings. The van der Waals surface area contributed by atoms with E-state index in [0.717, 1.165) is 0 Å². The van der Waals surface area contributed by atoms with Crippen molar-refractivity contribution >= 4 is 22.8 Å². The van der Waals surface area contributed by atoms with Crippen molar-refractivity contribution in [3.05, 3.63) is 23.2 Å². The molecule has 0 aliphatic carbocycles. The predicted molar refractivity (Wildman–Crippen MR) is 38.3 cm³/mol. The van der Waals surface area contributed by atoms with Gasteiger partial charge >= 0.3 is 0 Å². The molecule has 1 heterocycles. The second kappa shape index (κ2) is 2.70. The normalized spacial score (nSPS) is 13.6. The molecule has 1 aromatic heterocycles. The smallest absolute Gasteiger partial charge is 0.192 e. The largest absolute Gasteiger partial charge is 0.536 e. The number of hydrogen-bond acceptors (Lipinski definition) is 0. The van der Waals surface area contributed by atoms with E-state index in [-0.39, 0.29) is 0 Å². The van der Waals surface area contributed by atoms with Crippen LogP contribution in [0.3, 0.4) is 0 Å². The Kier molecular flexibility index (Phi) is 2.16. The van der Waals surface area contributed by atoms with Crippen molar-refractivity contribution in [1.29, 1.82) is 0 Å². The third-order valence-corrected chi connectivity index (χ3v) is 5.94. The van der Waals surface area contributed by atoms with E-state index in [1.165, 1.54) is 15.4 Å². The van der Waals surface area contributed by atoms with Gasteiger partial charge in [0.15, 0.2) is 15.4 Å². The lowest BCUT2D eigenvalue weighted by molar-refractivity contribution is 2.11. The van der Waals surface area contributed by atoms with E-state index in [9.17, 15) is 0 Å². The molecule has 1 nitrogen and oxygen atoms in total. The van der Waals surface area contributed by atoms with Crippen LogP contribution in [0.2, 0.25) is 0 Å². The van der Waals surface area contributed by atoms with Gasteiger partial charge in [0.1, 0.15) is 0 Å². The van der Waals surface area contributed by atoms with Crippen molar-refractivity contribution in [2.75, 3.05) is 0 Å². The Balaban J connectivity index is 3.02. The van der Waals surface area contributed by atoms with Crippen molar-refractivity contribution in [1.82, 2.24) is 0 Å². The van der Waals surface area contributed by atoms with Gasteiger partial charge in [-0.1, -0.05) is 0 Å². The summed E-state index contributed by atoms with van der Waals surface area (Å²) in [5, 5.41) is 0. The van der Waals surface area contributed by atoms with Crippen LogP contribution in [0.5, 0.6) is 0 Å². The minimum absolute atomic E-state index is 0.494. The topological polar surface area (TPSA) is 23.8 Å². The Morgan fingerprint density at radius 3 is 2.71 bits per heavy atom. The SMILES string of the molecule is [NH-][p+]1cccpp1. The summed E-state index contributed by atoms with van der Waals surface area (Å²) in [6.07, 6.45) is 0. The number of nitrogens with one attached hydrogen (secondary N) is 1. The maximum Gasteiger partial charge on any atom is 0.192 e. The molecule has 0 fully saturated rings. The van der Waals surface area contributed by atoms with Gasteiger partial charge in [0.25, 0.3) is 0 Å². The first-order valence-electron chi connectivity index (χ1n) is 1.81. The van der Waals surface area contributed by atoms with Crippen molar-refractivity contribution in [2.24, 2.45) is 0 Å². The Morgan fingerprint density at radius 1 is 1.57 bits per heavy atom. The second-order valence-electron chi connectivity index (χ2n) is 1.04. The zero-order chi connectivity index (χ0) is 5.11. The quantitative estimate of drug-likeness (QED) is 0.530. The van der Waals surface area contributed by atoms with Crippen LogP contribution in [0.15, 0.2) is 17.7 Å². The monoisotopic (exact) mass is 147 g/mol. The maximum absolute atomic E-state index is 7.21. The molecule has 1 unspecified atom stereocenters. The van der Waals surface area contributed by atoms with Crippen LogP contribution in [0.4, 0.5) is 0 Å². The molecular weight excluding hydrogens is 143 g/mol. The van der Waals surface area contributed by atoms with E-state index in [1.54, 1.807) is 0 Å². The molecule has 0 aromatic carbocycles. The van der Waals surface area contributed by atoms with Gasteiger partial charge in [-0.25, -0.2) is 0 Å². The van der Waals surface area contributed by atoms with Crippen LogP contribution in [0, 0.1) is 0 Å². The molecule has 4 heteroatoms. The van der Waals surface area contributed by atoms with Crippen LogP contribution >= 0.6 is 22.8 Å². The first-order chi connectivity index (χ1) is 3.39. The summed E-state index contributed by atoms with van der Waals surface area (Å²) in [5.74, 6) is 4.04. The van der Waals surface area contributed by atoms with Crippen LogP contribution in [-0.4, -0.2) is 0 Å². The minimum Gasteiger partial charge on any atom is -0.536 e. The maximum atomic E-state index is 7.21. The van der Waals surface area contributed by atoms with E-state index < -0.39 is 7.36 Å². The molecule has 0 saturated heterocycles. The van der Waals surface area contributed by atoms with E-state index in [2.05, 4.69) is 5.80 Å². The fourth-order valence-electron chi connectivity index (χ4n) is 0.274. The molecule has 36 valence electrons. The first kappa shape index (κ1) is 5.60. The number of rotatable bonds is 0. The molecule has 1 aromatic rings. The molecule has 0 radical (unpaired) electrons. The standard InChI is InChI=1S/C3H4NP3/c4-7-3-1-2-5-6-7/h1-4H. The fourth-order valence-corrected chi connectivity index (χ4v) is 4.28. The highest BCUT2D eigenvalue weighted by molar-refractivity contribution is 8.21. The molecule has 0 saturated carbocycles. The van der Waals surface area contributed by atoms with Crippen molar-refractivity contribution in [2.45, 2.75) is 0 Å². The van der Waals surface area contributed by atoms with Gasteiger partial charge in [-0.3, -0.25) is 0 Å². The molecule has 1 rings (SSSR count). The third-order valence-electron chi connectivity index (χ3n) is 0.528. The van der Waals surface area contributed by atoms with Gasteiger partial charge in [0.05, 0.1) is 5.80 Å². The fraction of sp³-hybridized carbons (Fsp3) is 0. The average molecular weight is 147 g/mol. The molecule has 1 atom stereocenters. The first-order valence-corrected chi connectivity index (χ1v) is 6.49. The molecule has 1 N–H and O–H groups in total. The van der Waals surface area contributed by atoms with Crippen LogP contribution < -0.4 is 0 Å². The lowest BCUT2D eigenvalue weighted by Gasteiger charge is -1.81. The Bertz CT molecular complexity index is 140. The molecule has 0 amide bonds. The minimum atomic E-state index is -0.494. The van der Waals surface area contributed by atoms with E-state index in [0.29, 0.717) is 0 Å². The zero-order valence-electron chi connectivity index (χ0n) is 3.57. The summed E-state index contributed by atoms with van der Waals surface area (Å²) in [7, 11) is 2.06. The lowest BCUT2D eigenvalue weighted by atomic mass is 10.8. The molecular formula is C3H4NP3. The van der Waals surface area contributed by atoms with Gasteiger partial charge in [0, 0.05) is 5.80 Å². The van der Waals surface area contributed by atoms with Gasteiger partial charge in [-0.2, -0.15) is 0 Å². The third kappa shape index (κ3) is 1.80. The summed E-state index contributed by atoms with van der Waals surface area (Å²) in [4.78, 5) is 0. The highest BCUT2D eigenvalue weighted by atomic mass is 32.2. The van der Waals surface area contributed by atoms with Gasteiger partial charge in [-0.05, 0) is 13.4 Å². The van der Waals surface area contributed by atoms with Gasteiger partial charge in [0.2, 0.25) is 0 Å². The van der Waals surface area contributed by atoms with Gasteiger partial charge < -0.3 is 5.50 Å². The average Bonchev–Trinajstić information content (AvgIpc) is 1.69. The molecule has 7 heavy (non-hydrogen) atoms. The Labute approximate surface area is 46.7 Å². The van der Waals surface area contributed by atoms with Crippen LogP contribution in [0.1, 0.15) is 0 Å². The Morgan fingerprint density at radius 2 is 2.43 bits per heavy atom. The predicted octanol–water partition coefficient (Wildman–Crippen LogP) is 3.93. The van der Waals surface area contributed by atoms with E-state index >= 15 is 0 Å². The number of hydrogen-bond donors (Lipinski definition) is 0. The molecule has 0 spiro atoms. The van der Waals surface area contributed by atoms with Crippen LogP contribution in [0.25, 0.3) is 5.50 Å². The highest BCUT2D eigenvalue weighted by Crippen LogP contribution is 2.41. The lowest BCUT2D eigenvalue weighted by Crippen LogP contribution is -1.31. The summed E-state index contributed by atoms with van der Waals surface area (Å²) in [6, 6.07) is 1.98. The zero-order valence-corrected chi connectivity index (χ0v) is 6.26. The molecule has 0 aliphatic heterocycles. The Hall–Kier alpha value is 0.470. The van der Waals surface area contributed by atoms with Gasteiger partial charge in [-0.15, -0.1) is 0 Å². The summed E-state index contributed by atoms with van der Waals surface area (Å²) in [5.41, 5.74) is 7.21. The van der Waals surface area contributed by atoms with Crippen molar-refractivity contribution in [3.8, 4) is 0 Å². The summed E-state index contributed by atoms with van der Waals surface area (Å²) < 4.78 is 0. The van der Waals surface area contributed by atoms with Crippen LogP contribution in [-0.2, 0) is 0 Å². The van der Waals surface area contributed by atoms with Crippen molar-refractivity contribution < 1.29 is 0 Å². The summed E-state index contributed by atoms with van der Waals surface area (Å²) in [6.45, 7) is 0. The van der Waals surface area contributed by atoms with Crippen molar-refractivity contribution in [3.63, 3.8) is 0 Å². The van der Waals surface area contributed by atoms with E-state index in [1.807, 2.05) is 11.9 Å². The second-order valence-corrected chi connectivity index (χ2v) is 6.87. The van der Waals surface area contributed by atoms with E-state index in [4.69, 9.17) is 5.50 Å². The highest BCUT2D eigenvalue weighted by Gasteiger charge is 1.79.